The molecule has 0 aromatic heterocycles. The number of ether oxygens (including phenoxy) is 4. The second-order valence-electron chi connectivity index (χ2n) is 16.6. The van der Waals surface area contributed by atoms with Gasteiger partial charge in [-0.25, -0.2) is 0 Å². The summed E-state index contributed by atoms with van der Waals surface area (Å²) in [5, 5.41) is 40.1. The van der Waals surface area contributed by atoms with Gasteiger partial charge >= 0.3 is 5.97 Å². The predicted molar refractivity (Wildman–Crippen MR) is 242 cm³/mol. The van der Waals surface area contributed by atoms with Crippen molar-refractivity contribution < 1.29 is 44.2 Å². The summed E-state index contributed by atoms with van der Waals surface area (Å²) in [5.41, 5.74) is 0. The highest BCUT2D eigenvalue weighted by molar-refractivity contribution is 5.69. The minimum atomic E-state index is -1.54. The molecule has 1 fully saturated rings. The summed E-state index contributed by atoms with van der Waals surface area (Å²) in [6.07, 6.45) is 44.3. The lowest BCUT2D eigenvalue weighted by atomic mass is 9.99. The van der Waals surface area contributed by atoms with Crippen molar-refractivity contribution in [2.75, 3.05) is 26.4 Å². The van der Waals surface area contributed by atoms with E-state index in [-0.39, 0.29) is 19.2 Å². The standard InChI is InChI=1S/C50H90O9/c1-3-5-7-9-11-13-15-17-18-19-20-21-22-23-24-25-26-27-28-30-32-34-36-38-40-56-42-44(43-57-50-49(55)48(54)47(53)45(41-51)59-50)58-46(52)39-37-35-33-31-29-16-14-12-10-8-6-4-2/h12,14-15,17,19-20,22-23,44-45,47-51,53-55H,3-11,13,16,18,21,24-43H2,1-2H3/b14-12-,17-15-,20-19-,23-22-. The number of carbonyl (C=O) groups excluding carboxylic acids is 1. The molecule has 9 nitrogen and oxygen atoms in total. The zero-order chi connectivity index (χ0) is 42.9. The monoisotopic (exact) mass is 835 g/mol. The zero-order valence-electron chi connectivity index (χ0n) is 37.7. The minimum Gasteiger partial charge on any atom is -0.457 e. The van der Waals surface area contributed by atoms with Crippen LogP contribution in [-0.2, 0) is 23.7 Å². The summed E-state index contributed by atoms with van der Waals surface area (Å²) >= 11 is 0. The van der Waals surface area contributed by atoms with Crippen molar-refractivity contribution in [2.24, 2.45) is 0 Å². The maximum Gasteiger partial charge on any atom is 0.306 e. The Morgan fingerprint density at radius 1 is 0.542 bits per heavy atom. The molecule has 1 aliphatic heterocycles. The molecule has 0 aromatic carbocycles. The van der Waals surface area contributed by atoms with E-state index in [9.17, 15) is 25.2 Å². The fourth-order valence-electron chi connectivity index (χ4n) is 7.14. The van der Waals surface area contributed by atoms with Crippen LogP contribution in [0, 0.1) is 0 Å². The Hall–Kier alpha value is -1.85. The van der Waals surface area contributed by atoms with Crippen molar-refractivity contribution in [1.82, 2.24) is 0 Å². The van der Waals surface area contributed by atoms with E-state index in [0.29, 0.717) is 13.0 Å². The first-order valence-electron chi connectivity index (χ1n) is 24.2. The van der Waals surface area contributed by atoms with Crippen LogP contribution in [0.3, 0.4) is 0 Å². The van der Waals surface area contributed by atoms with Crippen LogP contribution in [0.2, 0.25) is 0 Å². The first kappa shape index (κ1) is 55.2. The average Bonchev–Trinajstić information content (AvgIpc) is 3.24. The van der Waals surface area contributed by atoms with Crippen molar-refractivity contribution in [3.05, 3.63) is 48.6 Å². The third-order valence-electron chi connectivity index (χ3n) is 11.0. The zero-order valence-corrected chi connectivity index (χ0v) is 37.7. The number of hydrogen-bond donors (Lipinski definition) is 4. The lowest BCUT2D eigenvalue weighted by Crippen LogP contribution is -2.59. The average molecular weight is 835 g/mol. The number of aliphatic hydroxyl groups excluding tert-OH is 4. The quantitative estimate of drug-likeness (QED) is 0.0270. The van der Waals surface area contributed by atoms with E-state index in [1.807, 2.05) is 0 Å². The summed E-state index contributed by atoms with van der Waals surface area (Å²) in [7, 11) is 0. The Kier molecular flexibility index (Phi) is 38.8. The summed E-state index contributed by atoms with van der Waals surface area (Å²) in [5.74, 6) is -0.326. The van der Waals surface area contributed by atoms with E-state index in [0.717, 1.165) is 57.8 Å². The maximum atomic E-state index is 12.8. The molecular weight excluding hydrogens is 745 g/mol. The van der Waals surface area contributed by atoms with Gasteiger partial charge in [-0.05, 0) is 77.0 Å². The van der Waals surface area contributed by atoms with Gasteiger partial charge in [0.05, 0.1) is 19.8 Å². The smallest absolute Gasteiger partial charge is 0.306 e. The van der Waals surface area contributed by atoms with Crippen molar-refractivity contribution in [1.29, 1.82) is 0 Å². The third-order valence-corrected chi connectivity index (χ3v) is 11.0. The Balaban J connectivity index is 2.20. The Morgan fingerprint density at radius 3 is 1.53 bits per heavy atom. The number of allylic oxidation sites excluding steroid dienone is 8. The summed E-state index contributed by atoms with van der Waals surface area (Å²) in [4.78, 5) is 12.8. The second kappa shape index (κ2) is 41.5. The predicted octanol–water partition coefficient (Wildman–Crippen LogP) is 11.3. The fraction of sp³-hybridized carbons (Fsp3) is 0.820. The molecule has 1 rings (SSSR count). The van der Waals surface area contributed by atoms with E-state index in [1.165, 1.54) is 122 Å². The van der Waals surface area contributed by atoms with Crippen LogP contribution in [0.15, 0.2) is 48.6 Å². The molecule has 4 N–H and O–H groups in total. The van der Waals surface area contributed by atoms with E-state index in [1.54, 1.807) is 0 Å². The van der Waals surface area contributed by atoms with E-state index < -0.39 is 43.4 Å². The summed E-state index contributed by atoms with van der Waals surface area (Å²) in [6, 6.07) is 0. The third kappa shape index (κ3) is 32.5. The normalized spacial score (nSPS) is 20.5. The molecule has 0 amide bonds. The molecule has 6 atom stereocenters. The highest BCUT2D eigenvalue weighted by atomic mass is 16.7. The van der Waals surface area contributed by atoms with Crippen molar-refractivity contribution in [3.63, 3.8) is 0 Å². The first-order valence-corrected chi connectivity index (χ1v) is 24.2. The Labute approximate surface area is 361 Å². The molecule has 0 aromatic rings. The van der Waals surface area contributed by atoms with Crippen molar-refractivity contribution in [2.45, 2.75) is 237 Å². The van der Waals surface area contributed by atoms with Gasteiger partial charge in [0.1, 0.15) is 30.5 Å². The first-order chi connectivity index (χ1) is 28.9. The highest BCUT2D eigenvalue weighted by Crippen LogP contribution is 2.22. The van der Waals surface area contributed by atoms with Gasteiger partial charge in [-0.15, -0.1) is 0 Å². The molecule has 1 heterocycles. The summed E-state index contributed by atoms with van der Waals surface area (Å²) in [6.45, 7) is 4.50. The molecule has 59 heavy (non-hydrogen) atoms. The molecule has 0 bridgehead atoms. The van der Waals surface area contributed by atoms with E-state index in [4.69, 9.17) is 18.9 Å². The largest absolute Gasteiger partial charge is 0.457 e. The van der Waals surface area contributed by atoms with Gasteiger partial charge in [-0.1, -0.05) is 165 Å². The maximum absolute atomic E-state index is 12.8. The van der Waals surface area contributed by atoms with Crippen molar-refractivity contribution in [3.8, 4) is 0 Å². The molecule has 0 spiro atoms. The van der Waals surface area contributed by atoms with Gasteiger partial charge in [0.2, 0.25) is 0 Å². The second-order valence-corrected chi connectivity index (χ2v) is 16.6. The molecule has 9 heteroatoms. The van der Waals surface area contributed by atoms with Crippen LogP contribution in [0.5, 0.6) is 0 Å². The van der Waals surface area contributed by atoms with Crippen LogP contribution >= 0.6 is 0 Å². The molecular formula is C50H90O9. The number of hydrogen-bond acceptors (Lipinski definition) is 9. The SMILES string of the molecule is CCCCC/C=C\CCCCCCCC(=O)OC(COCCCCCCCCCCC/C=C\C/C=C\C/C=C\CCCCCCC)COC1OC(CO)C(O)C(O)C1O. The molecule has 6 unspecified atom stereocenters. The number of carbonyl (C=O) groups is 1. The highest BCUT2D eigenvalue weighted by Gasteiger charge is 2.44. The van der Waals surface area contributed by atoms with Gasteiger partial charge in [0, 0.05) is 13.0 Å². The number of rotatable bonds is 41. The molecule has 0 saturated carbocycles. The number of aliphatic hydroxyl groups is 4. The Morgan fingerprint density at radius 2 is 0.983 bits per heavy atom. The molecule has 1 aliphatic rings. The Bertz CT molecular complexity index is 1040. The van der Waals surface area contributed by atoms with Crippen LogP contribution in [0.1, 0.15) is 200 Å². The summed E-state index contributed by atoms with van der Waals surface area (Å²) < 4.78 is 22.8. The minimum absolute atomic E-state index is 0.120. The van der Waals surface area contributed by atoms with Crippen LogP contribution in [0.4, 0.5) is 0 Å². The molecule has 1 saturated heterocycles. The van der Waals surface area contributed by atoms with Gasteiger partial charge in [0.25, 0.3) is 0 Å². The van der Waals surface area contributed by atoms with Crippen LogP contribution < -0.4 is 0 Å². The number of unbranched alkanes of at least 4 members (excludes halogenated alkanes) is 22. The van der Waals surface area contributed by atoms with Crippen molar-refractivity contribution >= 4 is 5.97 Å². The topological polar surface area (TPSA) is 135 Å². The van der Waals surface area contributed by atoms with Gasteiger partial charge in [-0.3, -0.25) is 4.79 Å². The van der Waals surface area contributed by atoms with Gasteiger partial charge < -0.3 is 39.4 Å². The van der Waals surface area contributed by atoms with E-state index >= 15 is 0 Å². The van der Waals surface area contributed by atoms with Crippen LogP contribution in [-0.4, -0.2) is 89.6 Å². The molecule has 0 aliphatic carbocycles. The van der Waals surface area contributed by atoms with Gasteiger partial charge in [0.15, 0.2) is 6.29 Å². The fourth-order valence-corrected chi connectivity index (χ4v) is 7.14. The van der Waals surface area contributed by atoms with Crippen LogP contribution in [0.25, 0.3) is 0 Å². The molecule has 0 radical (unpaired) electrons. The molecule has 344 valence electrons. The van der Waals surface area contributed by atoms with Gasteiger partial charge in [-0.2, -0.15) is 0 Å². The number of esters is 1. The lowest BCUT2D eigenvalue weighted by Gasteiger charge is -2.39. The lowest BCUT2D eigenvalue weighted by molar-refractivity contribution is -0.305. The van der Waals surface area contributed by atoms with E-state index in [2.05, 4.69) is 62.5 Å².